The molecule has 2 rings (SSSR count). The number of aryl methyl sites for hydroxylation is 1. The van der Waals surface area contributed by atoms with E-state index >= 15 is 0 Å². The molecule has 2 heteroatoms. The van der Waals surface area contributed by atoms with Gasteiger partial charge < -0.3 is 5.32 Å². The van der Waals surface area contributed by atoms with Crippen molar-refractivity contribution >= 4 is 11.6 Å². The van der Waals surface area contributed by atoms with E-state index in [2.05, 4.69) is 24.4 Å². The average Bonchev–Trinajstić information content (AvgIpc) is 3.02. The van der Waals surface area contributed by atoms with Gasteiger partial charge in [0.25, 0.3) is 0 Å². The molecule has 1 unspecified atom stereocenters. The maximum Gasteiger partial charge on any atom is 0.0409 e. The summed E-state index contributed by atoms with van der Waals surface area (Å²) >= 11 is 6.04. The second kappa shape index (κ2) is 4.54. The highest BCUT2D eigenvalue weighted by molar-refractivity contribution is 6.30. The molecule has 1 N–H and O–H groups in total. The summed E-state index contributed by atoms with van der Waals surface area (Å²) in [4.78, 5) is 0. The fraction of sp³-hybridized carbons (Fsp3) is 0.538. The molecule has 0 amide bonds. The van der Waals surface area contributed by atoms with Gasteiger partial charge in [-0.15, -0.1) is 0 Å². The summed E-state index contributed by atoms with van der Waals surface area (Å²) in [6.07, 6.45) is 4.05. The SMILES string of the molecule is CNC(CC1CC1)c1cc(Cl)ccc1C. The fourth-order valence-electron chi connectivity index (χ4n) is 2.07. The first-order valence-electron chi connectivity index (χ1n) is 5.64. The topological polar surface area (TPSA) is 12.0 Å². The largest absolute Gasteiger partial charge is 0.313 e. The van der Waals surface area contributed by atoms with Gasteiger partial charge in [-0.05, 0) is 49.6 Å². The highest BCUT2D eigenvalue weighted by Crippen LogP contribution is 2.38. The third-order valence-corrected chi connectivity index (χ3v) is 3.47. The van der Waals surface area contributed by atoms with E-state index in [1.165, 1.54) is 30.4 Å². The Morgan fingerprint density at radius 2 is 2.20 bits per heavy atom. The molecule has 15 heavy (non-hydrogen) atoms. The van der Waals surface area contributed by atoms with E-state index in [1.54, 1.807) is 0 Å². The van der Waals surface area contributed by atoms with Gasteiger partial charge in [-0.25, -0.2) is 0 Å². The standard InChI is InChI=1S/C13H18ClN/c1-9-3-6-11(14)8-12(9)13(15-2)7-10-4-5-10/h3,6,8,10,13,15H,4-5,7H2,1-2H3. The van der Waals surface area contributed by atoms with Crippen molar-refractivity contribution < 1.29 is 0 Å². The van der Waals surface area contributed by atoms with E-state index in [0.29, 0.717) is 6.04 Å². The lowest BCUT2D eigenvalue weighted by molar-refractivity contribution is 0.512. The van der Waals surface area contributed by atoms with Gasteiger partial charge in [0.2, 0.25) is 0 Å². The number of halogens is 1. The number of rotatable bonds is 4. The third-order valence-electron chi connectivity index (χ3n) is 3.23. The predicted octanol–water partition coefficient (Wildman–Crippen LogP) is 3.71. The summed E-state index contributed by atoms with van der Waals surface area (Å²) in [5.41, 5.74) is 2.69. The molecule has 82 valence electrons. The van der Waals surface area contributed by atoms with Crippen molar-refractivity contribution in [3.8, 4) is 0 Å². The molecule has 0 spiro atoms. The van der Waals surface area contributed by atoms with Crippen molar-refractivity contribution in [2.75, 3.05) is 7.05 Å². The molecule has 0 aliphatic heterocycles. The highest BCUT2D eigenvalue weighted by Gasteiger charge is 2.26. The van der Waals surface area contributed by atoms with E-state index < -0.39 is 0 Å². The van der Waals surface area contributed by atoms with Gasteiger partial charge in [0.05, 0.1) is 0 Å². The van der Waals surface area contributed by atoms with Crippen molar-refractivity contribution in [3.05, 3.63) is 34.3 Å². The minimum Gasteiger partial charge on any atom is -0.313 e. The van der Waals surface area contributed by atoms with Crippen LogP contribution in [0.15, 0.2) is 18.2 Å². The van der Waals surface area contributed by atoms with Gasteiger partial charge in [-0.3, -0.25) is 0 Å². The second-order valence-corrected chi connectivity index (χ2v) is 4.96. The van der Waals surface area contributed by atoms with Crippen LogP contribution in [-0.2, 0) is 0 Å². The molecular weight excluding hydrogens is 206 g/mol. The van der Waals surface area contributed by atoms with Gasteiger partial charge >= 0.3 is 0 Å². The van der Waals surface area contributed by atoms with E-state index in [9.17, 15) is 0 Å². The zero-order valence-electron chi connectivity index (χ0n) is 9.39. The molecular formula is C13H18ClN. The molecule has 0 bridgehead atoms. The first-order chi connectivity index (χ1) is 7.20. The summed E-state index contributed by atoms with van der Waals surface area (Å²) in [5.74, 6) is 0.931. The lowest BCUT2D eigenvalue weighted by Gasteiger charge is -2.18. The molecule has 1 nitrogen and oxygen atoms in total. The molecule has 0 saturated heterocycles. The lowest BCUT2D eigenvalue weighted by Crippen LogP contribution is -2.18. The van der Waals surface area contributed by atoms with Crippen LogP contribution in [0.4, 0.5) is 0 Å². The Morgan fingerprint density at radius 3 is 2.80 bits per heavy atom. The molecule has 1 saturated carbocycles. The summed E-state index contributed by atoms with van der Waals surface area (Å²) in [7, 11) is 2.04. The van der Waals surface area contributed by atoms with Gasteiger partial charge in [-0.2, -0.15) is 0 Å². The predicted molar refractivity (Wildman–Crippen MR) is 65.3 cm³/mol. The van der Waals surface area contributed by atoms with Crippen molar-refractivity contribution in [2.45, 2.75) is 32.2 Å². The minimum atomic E-state index is 0.469. The van der Waals surface area contributed by atoms with Crippen molar-refractivity contribution in [1.29, 1.82) is 0 Å². The molecule has 1 aliphatic rings. The van der Waals surface area contributed by atoms with Crippen LogP contribution in [0.5, 0.6) is 0 Å². The quantitative estimate of drug-likeness (QED) is 0.821. The van der Waals surface area contributed by atoms with Crippen LogP contribution >= 0.6 is 11.6 Å². The van der Waals surface area contributed by atoms with Crippen LogP contribution in [0.25, 0.3) is 0 Å². The summed E-state index contributed by atoms with van der Waals surface area (Å²) in [5, 5.41) is 4.24. The zero-order valence-corrected chi connectivity index (χ0v) is 10.1. The molecule has 0 heterocycles. The molecule has 1 aromatic carbocycles. The minimum absolute atomic E-state index is 0.469. The van der Waals surface area contributed by atoms with Gasteiger partial charge in [0.1, 0.15) is 0 Å². The van der Waals surface area contributed by atoms with E-state index in [0.717, 1.165) is 10.9 Å². The first kappa shape index (κ1) is 11.0. The maximum absolute atomic E-state index is 6.04. The van der Waals surface area contributed by atoms with Gasteiger partial charge in [0, 0.05) is 11.1 Å². The Balaban J connectivity index is 2.19. The molecule has 1 aliphatic carbocycles. The zero-order chi connectivity index (χ0) is 10.8. The van der Waals surface area contributed by atoms with Crippen LogP contribution in [0.2, 0.25) is 5.02 Å². The Kier molecular flexibility index (Phi) is 3.32. The number of hydrogen-bond donors (Lipinski definition) is 1. The Labute approximate surface area is 96.8 Å². The van der Waals surface area contributed by atoms with Gasteiger partial charge in [-0.1, -0.05) is 30.5 Å². The van der Waals surface area contributed by atoms with Crippen LogP contribution in [0.1, 0.15) is 36.4 Å². The maximum atomic E-state index is 6.04. The molecule has 1 aromatic rings. The molecule has 0 aromatic heterocycles. The van der Waals surface area contributed by atoms with Crippen molar-refractivity contribution in [3.63, 3.8) is 0 Å². The summed E-state index contributed by atoms with van der Waals surface area (Å²) < 4.78 is 0. The number of nitrogens with one attached hydrogen (secondary N) is 1. The summed E-state index contributed by atoms with van der Waals surface area (Å²) in [6.45, 7) is 2.16. The van der Waals surface area contributed by atoms with E-state index in [4.69, 9.17) is 11.6 Å². The number of benzene rings is 1. The smallest absolute Gasteiger partial charge is 0.0409 e. The van der Waals surface area contributed by atoms with Crippen LogP contribution in [0, 0.1) is 12.8 Å². The van der Waals surface area contributed by atoms with Crippen LogP contribution in [0.3, 0.4) is 0 Å². The normalized spacial score (nSPS) is 17.8. The molecule has 1 atom stereocenters. The van der Waals surface area contributed by atoms with Crippen molar-refractivity contribution in [2.24, 2.45) is 5.92 Å². The summed E-state index contributed by atoms with van der Waals surface area (Å²) in [6, 6.07) is 6.63. The van der Waals surface area contributed by atoms with E-state index in [-0.39, 0.29) is 0 Å². The Bertz CT molecular complexity index is 344. The fourth-order valence-corrected chi connectivity index (χ4v) is 2.25. The van der Waals surface area contributed by atoms with Crippen LogP contribution in [-0.4, -0.2) is 7.05 Å². The van der Waals surface area contributed by atoms with E-state index in [1.807, 2.05) is 13.1 Å². The second-order valence-electron chi connectivity index (χ2n) is 4.52. The first-order valence-corrected chi connectivity index (χ1v) is 6.02. The monoisotopic (exact) mass is 223 g/mol. The number of hydrogen-bond acceptors (Lipinski definition) is 1. The van der Waals surface area contributed by atoms with Crippen molar-refractivity contribution in [1.82, 2.24) is 5.32 Å². The van der Waals surface area contributed by atoms with Gasteiger partial charge in [0.15, 0.2) is 0 Å². The van der Waals surface area contributed by atoms with Crippen LogP contribution < -0.4 is 5.32 Å². The molecule has 1 fully saturated rings. The molecule has 0 radical (unpaired) electrons. The third kappa shape index (κ3) is 2.73. The Morgan fingerprint density at radius 1 is 1.47 bits per heavy atom. The average molecular weight is 224 g/mol. The Hall–Kier alpha value is -0.530. The highest BCUT2D eigenvalue weighted by atomic mass is 35.5. The lowest BCUT2D eigenvalue weighted by atomic mass is 9.97.